The van der Waals surface area contributed by atoms with Crippen molar-refractivity contribution in [3.8, 4) is 17.0 Å². The molecule has 3 heterocycles. The summed E-state index contributed by atoms with van der Waals surface area (Å²) in [6.45, 7) is 0. The number of imidazole rings is 1. The van der Waals surface area contributed by atoms with Crippen molar-refractivity contribution < 1.29 is 36.2 Å². The van der Waals surface area contributed by atoms with Gasteiger partial charge < -0.3 is 14.2 Å². The fourth-order valence-electron chi connectivity index (χ4n) is 3.16. The number of aromatic carboxylic acids is 1. The van der Waals surface area contributed by atoms with Crippen molar-refractivity contribution in [2.45, 2.75) is 4.90 Å². The molecule has 170 valence electrons. The smallest absolute Gasteiger partial charge is 0.356 e. The molecule has 33 heavy (non-hydrogen) atoms. The summed E-state index contributed by atoms with van der Waals surface area (Å²) in [4.78, 5) is 17.8. The van der Waals surface area contributed by atoms with E-state index in [0.29, 0.717) is 6.07 Å². The van der Waals surface area contributed by atoms with E-state index in [-0.39, 0.29) is 16.8 Å². The summed E-state index contributed by atoms with van der Waals surface area (Å²) < 4.78 is 76.9. The number of nitrogens with one attached hydrogen (secondary N) is 1. The van der Waals surface area contributed by atoms with Gasteiger partial charge in [-0.3, -0.25) is 4.72 Å². The molecule has 0 spiro atoms. The highest BCUT2D eigenvalue weighted by atomic mass is 32.2. The molecule has 4 aromatic rings. The van der Waals surface area contributed by atoms with Gasteiger partial charge in [0, 0.05) is 17.8 Å². The van der Waals surface area contributed by atoms with Gasteiger partial charge in [-0.1, -0.05) is 6.07 Å². The van der Waals surface area contributed by atoms with Crippen LogP contribution in [0.15, 0.2) is 53.9 Å². The lowest BCUT2D eigenvalue weighted by Gasteiger charge is -2.14. The molecule has 0 bridgehead atoms. The molecule has 2 N–H and O–H groups in total. The Labute approximate surface area is 184 Å². The first-order valence-corrected chi connectivity index (χ1v) is 10.5. The summed E-state index contributed by atoms with van der Waals surface area (Å²) in [6.07, 6.45) is 3.15. The van der Waals surface area contributed by atoms with Crippen LogP contribution in [0.25, 0.3) is 16.6 Å². The molecule has 0 saturated carbocycles. The maximum Gasteiger partial charge on any atom is 0.356 e. The topological polar surface area (TPSA) is 123 Å². The van der Waals surface area contributed by atoms with Crippen LogP contribution in [0.1, 0.15) is 10.5 Å². The molecule has 0 saturated heterocycles. The highest BCUT2D eigenvalue weighted by Gasteiger charge is 2.25. The lowest BCUT2D eigenvalue weighted by Crippen LogP contribution is -2.16. The number of carboxylic acids is 1. The Balaban J connectivity index is 1.79. The van der Waals surface area contributed by atoms with Crippen LogP contribution in [0.3, 0.4) is 0 Å². The number of anilines is 1. The summed E-state index contributed by atoms with van der Waals surface area (Å²) in [5.41, 5.74) is -1.27. The molecule has 0 aliphatic carbocycles. The standard InChI is InChI=1S/C20H13F3N4O5S/c1-32-19-15(6-11(21)7-24-19)33(30,31)26-13-4-3-12(22)16(17(13)23)10-2-5-14-18(20(28)29)25-9-27(14)8-10/h2-9,26H,1H3,(H,28,29). The minimum atomic E-state index is -4.57. The van der Waals surface area contributed by atoms with Crippen LogP contribution in [0.5, 0.6) is 5.88 Å². The summed E-state index contributed by atoms with van der Waals surface area (Å²) in [5, 5.41) is 9.14. The first-order chi connectivity index (χ1) is 15.6. The van der Waals surface area contributed by atoms with Gasteiger partial charge in [0.25, 0.3) is 10.0 Å². The molecule has 1 aromatic carbocycles. The molecule has 4 rings (SSSR count). The molecule has 0 aliphatic heterocycles. The summed E-state index contributed by atoms with van der Waals surface area (Å²) >= 11 is 0. The first kappa shape index (κ1) is 22.1. The van der Waals surface area contributed by atoms with E-state index in [9.17, 15) is 22.0 Å². The highest BCUT2D eigenvalue weighted by Crippen LogP contribution is 2.33. The Morgan fingerprint density at radius 1 is 1.15 bits per heavy atom. The molecular formula is C20H13F3N4O5S. The van der Waals surface area contributed by atoms with E-state index in [1.807, 2.05) is 4.72 Å². The molecule has 0 unspecified atom stereocenters. The third kappa shape index (κ3) is 3.93. The van der Waals surface area contributed by atoms with Gasteiger partial charge in [-0.05, 0) is 18.2 Å². The average molecular weight is 478 g/mol. The number of hydrogen-bond donors (Lipinski definition) is 2. The zero-order chi connectivity index (χ0) is 23.9. The Bertz CT molecular complexity index is 1520. The van der Waals surface area contributed by atoms with E-state index in [1.165, 1.54) is 22.7 Å². The van der Waals surface area contributed by atoms with Gasteiger partial charge in [-0.15, -0.1) is 0 Å². The number of ether oxygens (including phenoxy) is 1. The van der Waals surface area contributed by atoms with Crippen LogP contribution in [0.2, 0.25) is 0 Å². The number of fused-ring (bicyclic) bond motifs is 1. The quantitative estimate of drug-likeness (QED) is 0.436. The fraction of sp³-hybridized carbons (Fsp3) is 0.0500. The van der Waals surface area contributed by atoms with Crippen molar-refractivity contribution in [3.05, 3.63) is 72.2 Å². The van der Waals surface area contributed by atoms with Crippen molar-refractivity contribution in [2.75, 3.05) is 11.8 Å². The number of sulfonamides is 1. The number of carbonyl (C=O) groups is 1. The van der Waals surface area contributed by atoms with E-state index >= 15 is 4.39 Å². The molecule has 0 amide bonds. The van der Waals surface area contributed by atoms with Crippen molar-refractivity contribution in [1.82, 2.24) is 14.4 Å². The molecule has 13 heteroatoms. The van der Waals surface area contributed by atoms with E-state index in [2.05, 4.69) is 9.97 Å². The Kier molecular flexibility index (Phi) is 5.41. The first-order valence-electron chi connectivity index (χ1n) is 9.03. The number of carboxylic acid groups (broad SMARTS) is 1. The van der Waals surface area contributed by atoms with Gasteiger partial charge in [-0.25, -0.2) is 36.4 Å². The Morgan fingerprint density at radius 2 is 1.91 bits per heavy atom. The van der Waals surface area contributed by atoms with E-state index in [0.717, 1.165) is 31.8 Å². The van der Waals surface area contributed by atoms with Crippen molar-refractivity contribution in [1.29, 1.82) is 0 Å². The Hall–Kier alpha value is -4.13. The second-order valence-corrected chi connectivity index (χ2v) is 8.31. The number of pyridine rings is 2. The lowest BCUT2D eigenvalue weighted by atomic mass is 10.1. The molecule has 0 atom stereocenters. The minimum Gasteiger partial charge on any atom is -0.480 e. The van der Waals surface area contributed by atoms with E-state index in [1.54, 1.807) is 0 Å². The molecule has 0 fully saturated rings. The predicted molar refractivity (Wildman–Crippen MR) is 109 cm³/mol. The minimum absolute atomic E-state index is 0.0158. The molecule has 9 nitrogen and oxygen atoms in total. The predicted octanol–water partition coefficient (Wildman–Crippen LogP) is 3.32. The number of benzene rings is 1. The van der Waals surface area contributed by atoms with Gasteiger partial charge in [0.1, 0.15) is 18.0 Å². The highest BCUT2D eigenvalue weighted by molar-refractivity contribution is 7.92. The summed E-state index contributed by atoms with van der Waals surface area (Å²) in [7, 11) is -3.45. The number of methoxy groups -OCH3 is 1. The van der Waals surface area contributed by atoms with Crippen molar-refractivity contribution in [2.24, 2.45) is 0 Å². The monoisotopic (exact) mass is 478 g/mol. The number of halogens is 3. The lowest BCUT2D eigenvalue weighted by molar-refractivity contribution is 0.0693. The van der Waals surface area contributed by atoms with Crippen molar-refractivity contribution in [3.63, 3.8) is 0 Å². The zero-order valence-corrected chi connectivity index (χ0v) is 17.4. The van der Waals surface area contributed by atoms with Crippen LogP contribution in [0.4, 0.5) is 18.9 Å². The third-order valence-corrected chi connectivity index (χ3v) is 5.99. The Morgan fingerprint density at radius 3 is 2.61 bits per heavy atom. The van der Waals surface area contributed by atoms with Crippen molar-refractivity contribution >= 4 is 27.2 Å². The fourth-order valence-corrected chi connectivity index (χ4v) is 4.35. The van der Waals surface area contributed by atoms with E-state index < -0.39 is 55.5 Å². The van der Waals surface area contributed by atoms with Gasteiger partial charge in [0.15, 0.2) is 16.4 Å². The molecular weight excluding hydrogens is 465 g/mol. The second kappa shape index (κ2) is 8.09. The number of aromatic nitrogens is 3. The van der Waals surface area contributed by atoms with Crippen LogP contribution in [-0.2, 0) is 10.0 Å². The largest absolute Gasteiger partial charge is 0.480 e. The van der Waals surface area contributed by atoms with Gasteiger partial charge in [-0.2, -0.15) is 0 Å². The van der Waals surface area contributed by atoms with Crippen LogP contribution in [0, 0.1) is 17.5 Å². The van der Waals surface area contributed by atoms with E-state index in [4.69, 9.17) is 9.84 Å². The van der Waals surface area contributed by atoms with Crippen LogP contribution in [-0.4, -0.2) is 41.0 Å². The maximum absolute atomic E-state index is 15.3. The molecule has 0 radical (unpaired) electrons. The second-order valence-electron chi connectivity index (χ2n) is 6.66. The average Bonchev–Trinajstić information content (AvgIpc) is 3.19. The summed E-state index contributed by atoms with van der Waals surface area (Å²) in [5.74, 6) is -4.92. The molecule has 3 aromatic heterocycles. The number of rotatable bonds is 6. The number of nitrogens with zero attached hydrogens (tertiary/aromatic N) is 3. The van der Waals surface area contributed by atoms with Crippen LogP contribution < -0.4 is 9.46 Å². The van der Waals surface area contributed by atoms with Gasteiger partial charge >= 0.3 is 5.97 Å². The molecule has 0 aliphatic rings. The SMILES string of the molecule is COc1ncc(F)cc1S(=O)(=O)Nc1ccc(F)c(-c2ccc3c(C(=O)O)ncn3c2)c1F. The maximum atomic E-state index is 15.3. The zero-order valence-electron chi connectivity index (χ0n) is 16.6. The normalized spacial score (nSPS) is 11.5. The third-order valence-electron chi connectivity index (χ3n) is 4.63. The summed E-state index contributed by atoms with van der Waals surface area (Å²) in [6, 6.07) is 4.93. The van der Waals surface area contributed by atoms with Gasteiger partial charge in [0.2, 0.25) is 5.88 Å². The number of hydrogen-bond acceptors (Lipinski definition) is 6. The van der Waals surface area contributed by atoms with Gasteiger partial charge in [0.05, 0.1) is 30.1 Å². The van der Waals surface area contributed by atoms with Crippen LogP contribution >= 0.6 is 0 Å².